The minimum atomic E-state index is -3.30. The van der Waals surface area contributed by atoms with E-state index in [1.54, 1.807) is 27.8 Å². The summed E-state index contributed by atoms with van der Waals surface area (Å²) in [5.74, 6) is 0. The van der Waals surface area contributed by atoms with Crippen molar-refractivity contribution >= 4 is 21.4 Å². The van der Waals surface area contributed by atoms with Crippen LogP contribution in [0.4, 0.5) is 0 Å². The molecule has 1 aliphatic rings. The van der Waals surface area contributed by atoms with Gasteiger partial charge in [-0.1, -0.05) is 12.1 Å². The van der Waals surface area contributed by atoms with Crippen molar-refractivity contribution in [2.45, 2.75) is 37.8 Å². The molecule has 0 unspecified atom stereocenters. The Morgan fingerprint density at radius 1 is 1.04 bits per heavy atom. The van der Waals surface area contributed by atoms with Crippen LogP contribution < -0.4 is 5.32 Å². The molecule has 0 saturated carbocycles. The second-order valence-corrected chi connectivity index (χ2v) is 9.18. The highest BCUT2D eigenvalue weighted by Crippen LogP contribution is 2.21. The van der Waals surface area contributed by atoms with Crippen molar-refractivity contribution in [2.75, 3.05) is 13.1 Å². The summed E-state index contributed by atoms with van der Waals surface area (Å²) < 4.78 is 26.5. The Morgan fingerprint density at radius 3 is 2.35 bits per heavy atom. The Kier molecular flexibility index (Phi) is 5.16. The van der Waals surface area contributed by atoms with Gasteiger partial charge in [0.05, 0.1) is 4.90 Å². The van der Waals surface area contributed by atoms with Crippen LogP contribution in [-0.4, -0.2) is 25.8 Å². The monoisotopic (exact) mass is 350 g/mol. The molecule has 1 aromatic carbocycles. The number of benzene rings is 1. The van der Waals surface area contributed by atoms with Gasteiger partial charge < -0.3 is 5.32 Å². The van der Waals surface area contributed by atoms with Gasteiger partial charge in [-0.15, -0.1) is 11.3 Å². The molecule has 0 spiro atoms. The van der Waals surface area contributed by atoms with Gasteiger partial charge in [0.2, 0.25) is 10.0 Å². The van der Waals surface area contributed by atoms with Gasteiger partial charge >= 0.3 is 0 Å². The first-order valence-corrected chi connectivity index (χ1v) is 10.2. The fraction of sp³-hybridized carbons (Fsp3) is 0.412. The van der Waals surface area contributed by atoms with Gasteiger partial charge in [-0.2, -0.15) is 4.31 Å². The molecule has 0 amide bonds. The van der Waals surface area contributed by atoms with Crippen LogP contribution in [0.15, 0.2) is 41.3 Å². The third-order valence-corrected chi connectivity index (χ3v) is 6.96. The van der Waals surface area contributed by atoms with E-state index in [0.29, 0.717) is 18.0 Å². The van der Waals surface area contributed by atoms with Crippen LogP contribution in [0.2, 0.25) is 0 Å². The van der Waals surface area contributed by atoms with E-state index in [0.717, 1.165) is 31.5 Å². The fourth-order valence-corrected chi connectivity index (χ4v) is 5.14. The average Bonchev–Trinajstić information content (AvgIpc) is 3.20. The van der Waals surface area contributed by atoms with Crippen LogP contribution in [0.1, 0.15) is 28.2 Å². The van der Waals surface area contributed by atoms with E-state index in [9.17, 15) is 8.42 Å². The standard InChI is InChI=1S/C17H22N2O2S2/c1-14-4-7-16(22-14)13-18-12-15-5-8-17(9-6-15)23(20,21)19-10-2-3-11-19/h4-9,18H,2-3,10-13H2,1H3. The normalized spacial score (nSPS) is 16.0. The quantitative estimate of drug-likeness (QED) is 0.871. The summed E-state index contributed by atoms with van der Waals surface area (Å²) in [5.41, 5.74) is 1.10. The minimum absolute atomic E-state index is 0.400. The molecule has 1 aromatic heterocycles. The number of nitrogens with zero attached hydrogens (tertiary/aromatic N) is 1. The average molecular weight is 351 g/mol. The lowest BCUT2D eigenvalue weighted by atomic mass is 10.2. The third-order valence-electron chi connectivity index (χ3n) is 4.05. The van der Waals surface area contributed by atoms with Crippen molar-refractivity contribution in [3.05, 3.63) is 51.7 Å². The Labute approximate surface area is 142 Å². The van der Waals surface area contributed by atoms with Crippen LogP contribution in [0, 0.1) is 6.92 Å². The molecule has 1 N–H and O–H groups in total. The SMILES string of the molecule is Cc1ccc(CNCc2ccc(S(=O)(=O)N3CCCC3)cc2)s1. The van der Waals surface area contributed by atoms with Crippen LogP contribution in [0.5, 0.6) is 0 Å². The van der Waals surface area contributed by atoms with E-state index in [4.69, 9.17) is 0 Å². The summed E-state index contributed by atoms with van der Waals surface area (Å²) in [6, 6.07) is 11.5. The number of hydrogen-bond donors (Lipinski definition) is 1. The first kappa shape index (κ1) is 16.6. The number of nitrogens with one attached hydrogen (secondary N) is 1. The highest BCUT2D eigenvalue weighted by Gasteiger charge is 2.26. The molecule has 3 rings (SSSR count). The largest absolute Gasteiger partial charge is 0.308 e. The molecule has 0 atom stereocenters. The van der Waals surface area contributed by atoms with Crippen LogP contribution in [-0.2, 0) is 23.1 Å². The predicted molar refractivity (Wildman–Crippen MR) is 94.0 cm³/mol. The molecular formula is C17H22N2O2S2. The topological polar surface area (TPSA) is 49.4 Å². The van der Waals surface area contributed by atoms with Gasteiger partial charge in [0.1, 0.15) is 0 Å². The molecule has 6 heteroatoms. The summed E-state index contributed by atoms with van der Waals surface area (Å²) in [6.45, 7) is 4.97. The van der Waals surface area contributed by atoms with Crippen molar-refractivity contribution in [3.63, 3.8) is 0 Å². The molecule has 0 radical (unpaired) electrons. The van der Waals surface area contributed by atoms with Crippen molar-refractivity contribution < 1.29 is 8.42 Å². The van der Waals surface area contributed by atoms with Crippen molar-refractivity contribution in [2.24, 2.45) is 0 Å². The molecule has 1 fully saturated rings. The minimum Gasteiger partial charge on any atom is -0.308 e. The highest BCUT2D eigenvalue weighted by atomic mass is 32.2. The van der Waals surface area contributed by atoms with E-state index in [-0.39, 0.29) is 0 Å². The Balaban J connectivity index is 1.58. The summed E-state index contributed by atoms with van der Waals surface area (Å²) >= 11 is 1.80. The van der Waals surface area contributed by atoms with E-state index in [1.165, 1.54) is 9.75 Å². The molecule has 1 aliphatic heterocycles. The number of aryl methyl sites for hydroxylation is 1. The molecule has 0 bridgehead atoms. The smallest absolute Gasteiger partial charge is 0.243 e. The highest BCUT2D eigenvalue weighted by molar-refractivity contribution is 7.89. The Bertz CT molecular complexity index is 745. The van der Waals surface area contributed by atoms with Crippen LogP contribution >= 0.6 is 11.3 Å². The van der Waals surface area contributed by atoms with Gasteiger partial charge in [0.25, 0.3) is 0 Å². The maximum absolute atomic E-state index is 12.5. The number of rotatable bonds is 6. The predicted octanol–water partition coefficient (Wildman–Crippen LogP) is 3.13. The zero-order valence-corrected chi connectivity index (χ0v) is 14.9. The Hall–Kier alpha value is -1.21. The van der Waals surface area contributed by atoms with Crippen molar-refractivity contribution in [3.8, 4) is 0 Å². The van der Waals surface area contributed by atoms with E-state index in [2.05, 4.69) is 24.4 Å². The summed E-state index contributed by atoms with van der Waals surface area (Å²) in [5, 5.41) is 3.40. The molecule has 23 heavy (non-hydrogen) atoms. The third kappa shape index (κ3) is 4.01. The second-order valence-electron chi connectivity index (χ2n) is 5.87. The van der Waals surface area contributed by atoms with Crippen LogP contribution in [0.25, 0.3) is 0 Å². The second kappa shape index (κ2) is 7.13. The molecule has 0 aliphatic carbocycles. The Morgan fingerprint density at radius 2 is 1.74 bits per heavy atom. The van der Waals surface area contributed by atoms with Gasteiger partial charge in [-0.25, -0.2) is 8.42 Å². The lowest BCUT2D eigenvalue weighted by molar-refractivity contribution is 0.477. The summed E-state index contributed by atoms with van der Waals surface area (Å²) in [6.07, 6.45) is 1.92. The zero-order chi connectivity index (χ0) is 16.3. The first-order chi connectivity index (χ1) is 11.1. The van der Waals surface area contributed by atoms with E-state index >= 15 is 0 Å². The number of hydrogen-bond acceptors (Lipinski definition) is 4. The maximum atomic E-state index is 12.5. The van der Waals surface area contributed by atoms with Gasteiger partial charge in [-0.05, 0) is 49.6 Å². The molecule has 124 valence electrons. The zero-order valence-electron chi connectivity index (χ0n) is 13.3. The maximum Gasteiger partial charge on any atom is 0.243 e. The summed E-state index contributed by atoms with van der Waals surface area (Å²) in [7, 11) is -3.30. The van der Waals surface area contributed by atoms with Crippen molar-refractivity contribution in [1.29, 1.82) is 0 Å². The lowest BCUT2D eigenvalue weighted by Crippen LogP contribution is -2.27. The fourth-order valence-electron chi connectivity index (χ4n) is 2.77. The lowest BCUT2D eigenvalue weighted by Gasteiger charge is -2.15. The molecule has 2 aromatic rings. The number of sulfonamides is 1. The van der Waals surface area contributed by atoms with E-state index < -0.39 is 10.0 Å². The number of thiophene rings is 1. The summed E-state index contributed by atoms with van der Waals surface area (Å²) in [4.78, 5) is 3.03. The van der Waals surface area contributed by atoms with Crippen molar-refractivity contribution in [1.82, 2.24) is 9.62 Å². The van der Waals surface area contributed by atoms with Gasteiger partial charge in [-0.3, -0.25) is 0 Å². The molecule has 4 nitrogen and oxygen atoms in total. The molecule has 2 heterocycles. The molecular weight excluding hydrogens is 328 g/mol. The van der Waals surface area contributed by atoms with Gasteiger partial charge in [0, 0.05) is 35.9 Å². The first-order valence-electron chi connectivity index (χ1n) is 7.91. The molecule has 1 saturated heterocycles. The van der Waals surface area contributed by atoms with Gasteiger partial charge in [0.15, 0.2) is 0 Å². The van der Waals surface area contributed by atoms with E-state index in [1.807, 2.05) is 12.1 Å². The van der Waals surface area contributed by atoms with Crippen LogP contribution in [0.3, 0.4) is 0 Å².